The van der Waals surface area contributed by atoms with Crippen molar-refractivity contribution in [1.82, 2.24) is 4.98 Å². The Bertz CT molecular complexity index is 811. The van der Waals surface area contributed by atoms with E-state index in [4.69, 9.17) is 32.7 Å². The van der Waals surface area contributed by atoms with Crippen molar-refractivity contribution in [3.63, 3.8) is 0 Å². The molecule has 0 atom stereocenters. The summed E-state index contributed by atoms with van der Waals surface area (Å²) in [6.07, 6.45) is 0. The van der Waals surface area contributed by atoms with E-state index in [0.717, 1.165) is 33.7 Å². The molecule has 1 heterocycles. The molecule has 1 aromatic heterocycles. The SMILES string of the molecule is COc1ccc(OC)c(-c2cc3c(Cl)cc(Cl)cc3[nH]2)c1. The number of halogens is 2. The summed E-state index contributed by atoms with van der Waals surface area (Å²) in [5.74, 6) is 1.51. The minimum atomic E-state index is 0.596. The maximum atomic E-state index is 6.23. The van der Waals surface area contributed by atoms with E-state index in [-0.39, 0.29) is 0 Å². The maximum absolute atomic E-state index is 6.23. The lowest BCUT2D eigenvalue weighted by molar-refractivity contribution is 0.404. The zero-order chi connectivity index (χ0) is 15.0. The van der Waals surface area contributed by atoms with Crippen molar-refractivity contribution in [3.8, 4) is 22.8 Å². The van der Waals surface area contributed by atoms with E-state index in [2.05, 4.69) is 4.98 Å². The number of benzene rings is 2. The van der Waals surface area contributed by atoms with Gasteiger partial charge in [0.2, 0.25) is 0 Å². The van der Waals surface area contributed by atoms with Gasteiger partial charge in [-0.1, -0.05) is 23.2 Å². The molecular formula is C16H13Cl2NO2. The fraction of sp³-hybridized carbons (Fsp3) is 0.125. The van der Waals surface area contributed by atoms with Crippen molar-refractivity contribution in [2.75, 3.05) is 14.2 Å². The van der Waals surface area contributed by atoms with Crippen LogP contribution in [0.5, 0.6) is 11.5 Å². The third kappa shape index (κ3) is 2.55. The quantitative estimate of drug-likeness (QED) is 0.723. The molecule has 3 rings (SSSR count). The van der Waals surface area contributed by atoms with Gasteiger partial charge in [-0.15, -0.1) is 0 Å². The average molecular weight is 322 g/mol. The van der Waals surface area contributed by atoms with Gasteiger partial charge in [-0.25, -0.2) is 0 Å². The van der Waals surface area contributed by atoms with Gasteiger partial charge in [0.25, 0.3) is 0 Å². The molecule has 0 aliphatic carbocycles. The summed E-state index contributed by atoms with van der Waals surface area (Å²) in [4.78, 5) is 3.32. The molecule has 0 amide bonds. The molecule has 21 heavy (non-hydrogen) atoms. The molecule has 0 saturated heterocycles. The molecule has 0 fully saturated rings. The minimum Gasteiger partial charge on any atom is -0.497 e. The van der Waals surface area contributed by atoms with Crippen molar-refractivity contribution in [2.24, 2.45) is 0 Å². The summed E-state index contributed by atoms with van der Waals surface area (Å²) in [6.45, 7) is 0. The molecule has 0 spiro atoms. The number of fused-ring (bicyclic) bond motifs is 1. The summed E-state index contributed by atoms with van der Waals surface area (Å²) < 4.78 is 10.7. The molecule has 2 aromatic carbocycles. The number of nitrogens with one attached hydrogen (secondary N) is 1. The summed E-state index contributed by atoms with van der Waals surface area (Å²) in [7, 11) is 3.27. The van der Waals surface area contributed by atoms with Crippen LogP contribution in [0.15, 0.2) is 36.4 Å². The van der Waals surface area contributed by atoms with Crippen molar-refractivity contribution in [3.05, 3.63) is 46.4 Å². The van der Waals surface area contributed by atoms with E-state index in [1.807, 2.05) is 30.3 Å². The number of hydrogen-bond donors (Lipinski definition) is 1. The Kier molecular flexibility index (Phi) is 3.70. The second kappa shape index (κ2) is 5.51. The van der Waals surface area contributed by atoms with Crippen LogP contribution in [0.4, 0.5) is 0 Å². The Labute approximate surface area is 132 Å². The largest absolute Gasteiger partial charge is 0.497 e. The van der Waals surface area contributed by atoms with Gasteiger partial charge >= 0.3 is 0 Å². The Morgan fingerprint density at radius 3 is 2.48 bits per heavy atom. The van der Waals surface area contributed by atoms with Gasteiger partial charge < -0.3 is 14.5 Å². The van der Waals surface area contributed by atoms with Gasteiger partial charge in [-0.05, 0) is 36.4 Å². The number of aromatic nitrogens is 1. The Balaban J connectivity index is 2.22. The Morgan fingerprint density at radius 1 is 0.952 bits per heavy atom. The summed E-state index contributed by atoms with van der Waals surface area (Å²) >= 11 is 12.3. The lowest BCUT2D eigenvalue weighted by atomic mass is 10.1. The molecule has 5 heteroatoms. The zero-order valence-electron chi connectivity index (χ0n) is 11.5. The molecule has 3 aromatic rings. The number of methoxy groups -OCH3 is 2. The molecule has 108 valence electrons. The fourth-order valence-corrected chi connectivity index (χ4v) is 2.88. The summed E-state index contributed by atoms with van der Waals surface area (Å²) in [5.41, 5.74) is 2.68. The van der Waals surface area contributed by atoms with Crippen LogP contribution in [-0.2, 0) is 0 Å². The smallest absolute Gasteiger partial charge is 0.128 e. The Hall–Kier alpha value is -1.84. The van der Waals surface area contributed by atoms with Gasteiger partial charge in [0.15, 0.2) is 0 Å². The predicted octanol–water partition coefficient (Wildman–Crippen LogP) is 5.16. The van der Waals surface area contributed by atoms with Crippen LogP contribution >= 0.6 is 23.2 Å². The molecule has 0 aliphatic rings. The molecule has 0 radical (unpaired) electrons. The number of hydrogen-bond acceptors (Lipinski definition) is 2. The molecule has 0 saturated carbocycles. The van der Waals surface area contributed by atoms with Crippen molar-refractivity contribution in [2.45, 2.75) is 0 Å². The van der Waals surface area contributed by atoms with Gasteiger partial charge in [0.1, 0.15) is 11.5 Å². The maximum Gasteiger partial charge on any atom is 0.128 e. The summed E-state index contributed by atoms with van der Waals surface area (Å²) in [5, 5.41) is 2.13. The lowest BCUT2D eigenvalue weighted by Gasteiger charge is -2.09. The first-order valence-corrected chi connectivity index (χ1v) is 7.08. The van der Waals surface area contributed by atoms with Crippen LogP contribution < -0.4 is 9.47 Å². The third-order valence-corrected chi connectivity index (χ3v) is 3.88. The first-order valence-electron chi connectivity index (χ1n) is 6.32. The highest BCUT2D eigenvalue weighted by Gasteiger charge is 2.12. The highest BCUT2D eigenvalue weighted by Crippen LogP contribution is 2.37. The lowest BCUT2D eigenvalue weighted by Crippen LogP contribution is -1.90. The molecule has 0 aliphatic heterocycles. The first kappa shape index (κ1) is 14.1. The molecule has 0 bridgehead atoms. The molecule has 1 N–H and O–H groups in total. The number of H-pyrrole nitrogens is 1. The average Bonchev–Trinajstić information content (AvgIpc) is 2.90. The highest BCUT2D eigenvalue weighted by atomic mass is 35.5. The van der Waals surface area contributed by atoms with Gasteiger partial charge in [-0.3, -0.25) is 0 Å². The van der Waals surface area contributed by atoms with Crippen LogP contribution in [0.25, 0.3) is 22.2 Å². The predicted molar refractivity (Wildman–Crippen MR) is 86.9 cm³/mol. The standard InChI is InChI=1S/C16H13Cl2NO2/c1-20-10-3-4-16(21-2)12(7-10)15-8-11-13(18)5-9(17)6-14(11)19-15/h3-8,19H,1-2H3. The second-order valence-electron chi connectivity index (χ2n) is 4.60. The second-order valence-corrected chi connectivity index (χ2v) is 5.44. The van der Waals surface area contributed by atoms with Crippen LogP contribution in [-0.4, -0.2) is 19.2 Å². The van der Waals surface area contributed by atoms with Crippen molar-refractivity contribution >= 4 is 34.1 Å². The molecule has 3 nitrogen and oxygen atoms in total. The van der Waals surface area contributed by atoms with E-state index in [0.29, 0.717) is 10.0 Å². The van der Waals surface area contributed by atoms with Gasteiger partial charge in [-0.2, -0.15) is 0 Å². The third-order valence-electron chi connectivity index (χ3n) is 3.35. The fourth-order valence-electron chi connectivity index (χ4n) is 2.33. The monoisotopic (exact) mass is 321 g/mol. The van der Waals surface area contributed by atoms with Crippen molar-refractivity contribution in [1.29, 1.82) is 0 Å². The number of aromatic amines is 1. The normalized spacial score (nSPS) is 10.9. The highest BCUT2D eigenvalue weighted by molar-refractivity contribution is 6.38. The van der Waals surface area contributed by atoms with Crippen LogP contribution in [0.3, 0.4) is 0 Å². The van der Waals surface area contributed by atoms with E-state index in [1.54, 1.807) is 20.3 Å². The number of rotatable bonds is 3. The number of ether oxygens (including phenoxy) is 2. The van der Waals surface area contributed by atoms with Gasteiger partial charge in [0.05, 0.1) is 24.9 Å². The minimum absolute atomic E-state index is 0.596. The van der Waals surface area contributed by atoms with E-state index in [9.17, 15) is 0 Å². The molecular weight excluding hydrogens is 309 g/mol. The van der Waals surface area contributed by atoms with Crippen LogP contribution in [0.1, 0.15) is 0 Å². The Morgan fingerprint density at radius 2 is 1.76 bits per heavy atom. The van der Waals surface area contributed by atoms with Crippen molar-refractivity contribution < 1.29 is 9.47 Å². The topological polar surface area (TPSA) is 34.2 Å². The summed E-state index contributed by atoms with van der Waals surface area (Å²) in [6, 6.07) is 11.2. The van der Waals surface area contributed by atoms with Crippen LogP contribution in [0.2, 0.25) is 10.0 Å². The van der Waals surface area contributed by atoms with E-state index < -0.39 is 0 Å². The van der Waals surface area contributed by atoms with E-state index in [1.165, 1.54) is 0 Å². The first-order chi connectivity index (χ1) is 10.1. The van der Waals surface area contributed by atoms with E-state index >= 15 is 0 Å². The van der Waals surface area contributed by atoms with Crippen LogP contribution in [0, 0.1) is 0 Å². The zero-order valence-corrected chi connectivity index (χ0v) is 13.0. The molecule has 0 unspecified atom stereocenters. The van der Waals surface area contributed by atoms with Gasteiger partial charge in [0, 0.05) is 21.5 Å².